The number of esters is 1. The zero-order chi connectivity index (χ0) is 31.3. The fraction of sp³-hybridized carbons (Fsp3) is 0.484. The van der Waals surface area contributed by atoms with Crippen LogP contribution < -0.4 is 20.3 Å². The molecule has 1 aliphatic carbocycles. The second-order valence-corrected chi connectivity index (χ2v) is 12.3. The van der Waals surface area contributed by atoms with Crippen LogP contribution in [0.4, 0.5) is 0 Å². The lowest BCUT2D eigenvalue weighted by Crippen LogP contribution is -2.44. The number of nitrogens with one attached hydrogen (secondary N) is 1. The third-order valence-electron chi connectivity index (χ3n) is 8.40. The Morgan fingerprint density at radius 3 is 2.64 bits per heavy atom. The molecule has 0 radical (unpaired) electrons. The van der Waals surface area contributed by atoms with Gasteiger partial charge in [-0.1, -0.05) is 6.92 Å². The maximum absolute atomic E-state index is 13.8. The largest absolute Gasteiger partial charge is 0.458 e. The molecule has 2 aromatic heterocycles. The molecule has 0 bridgehead atoms. The fourth-order valence-corrected chi connectivity index (χ4v) is 6.06. The molecule has 1 aromatic carbocycles. The quantitative estimate of drug-likeness (QED) is 0.331. The van der Waals surface area contributed by atoms with E-state index in [4.69, 9.17) is 26.7 Å². The molecule has 42 heavy (non-hydrogen) atoms. The van der Waals surface area contributed by atoms with Crippen molar-refractivity contribution in [1.29, 1.82) is 0 Å². The van der Waals surface area contributed by atoms with Crippen LogP contribution in [0.5, 0.6) is 11.5 Å². The van der Waals surface area contributed by atoms with Crippen molar-refractivity contribution < 1.29 is 36.4 Å². The van der Waals surface area contributed by atoms with E-state index in [1.54, 1.807) is 25.1 Å². The first-order valence-electron chi connectivity index (χ1n) is 15.2. The summed E-state index contributed by atoms with van der Waals surface area (Å²) in [5.74, 6) is -0.557. The van der Waals surface area contributed by atoms with Gasteiger partial charge in [-0.2, -0.15) is 0 Å². The van der Waals surface area contributed by atoms with Gasteiger partial charge in [0.1, 0.15) is 15.5 Å². The number of benzene rings is 1. The first-order valence-corrected chi connectivity index (χ1v) is 14.2. The molecular formula is C31H33N3O8. The number of carbonyl (C=O) groups is 2. The maximum atomic E-state index is 13.8. The molecule has 220 valence electrons. The Hall–Kier alpha value is -3.96. The highest BCUT2D eigenvalue weighted by molar-refractivity contribution is 5.92. The Kier molecular flexibility index (Phi) is 5.43. The Morgan fingerprint density at radius 2 is 1.95 bits per heavy atom. The molecule has 0 saturated heterocycles. The van der Waals surface area contributed by atoms with Crippen LogP contribution in [0.15, 0.2) is 23.0 Å². The van der Waals surface area contributed by atoms with Gasteiger partial charge in [0.2, 0.25) is 12.7 Å². The number of pyridine rings is 2. The summed E-state index contributed by atoms with van der Waals surface area (Å²) in [5.41, 5.74) is 0.159. The van der Waals surface area contributed by atoms with Gasteiger partial charge in [-0.15, -0.1) is 0 Å². The van der Waals surface area contributed by atoms with Crippen LogP contribution in [0.3, 0.4) is 0 Å². The minimum atomic E-state index is -2.35. The first kappa shape index (κ1) is 24.6. The molecule has 5 heterocycles. The second kappa shape index (κ2) is 9.27. The number of amides is 1. The summed E-state index contributed by atoms with van der Waals surface area (Å²) in [6.45, 7) is 4.98. The van der Waals surface area contributed by atoms with Crippen molar-refractivity contribution in [2.45, 2.75) is 84.0 Å². The minimum absolute atomic E-state index is 0.0152. The monoisotopic (exact) mass is 577 g/mol. The molecule has 1 amide bonds. The van der Waals surface area contributed by atoms with Crippen molar-refractivity contribution in [3.8, 4) is 22.9 Å². The van der Waals surface area contributed by atoms with Gasteiger partial charge in [-0.25, -0.2) is 9.78 Å². The Bertz CT molecular complexity index is 1830. The zero-order valence-corrected chi connectivity index (χ0v) is 23.8. The zero-order valence-electron chi connectivity index (χ0n) is 25.8. The van der Waals surface area contributed by atoms with Crippen LogP contribution in [0.25, 0.3) is 22.3 Å². The van der Waals surface area contributed by atoms with Crippen molar-refractivity contribution in [3.63, 3.8) is 0 Å². The molecule has 0 unspecified atom stereocenters. The van der Waals surface area contributed by atoms with Gasteiger partial charge in [-0.3, -0.25) is 9.59 Å². The van der Waals surface area contributed by atoms with Crippen LogP contribution >= 0.6 is 0 Å². The number of aliphatic hydroxyl groups is 1. The van der Waals surface area contributed by atoms with E-state index in [-0.39, 0.29) is 60.6 Å². The molecule has 0 spiro atoms. The molecular weight excluding hydrogens is 542 g/mol. The van der Waals surface area contributed by atoms with E-state index in [1.165, 1.54) is 4.57 Å². The lowest BCUT2D eigenvalue weighted by molar-refractivity contribution is -0.172. The van der Waals surface area contributed by atoms with Gasteiger partial charge < -0.3 is 33.9 Å². The lowest BCUT2D eigenvalue weighted by Gasteiger charge is -2.31. The normalized spacial score (nSPS) is 22.9. The van der Waals surface area contributed by atoms with Crippen LogP contribution in [0, 0.1) is 5.92 Å². The van der Waals surface area contributed by atoms with Gasteiger partial charge in [0.15, 0.2) is 17.1 Å². The van der Waals surface area contributed by atoms with Gasteiger partial charge in [0.25, 0.3) is 5.56 Å². The Balaban J connectivity index is 1.36. The van der Waals surface area contributed by atoms with E-state index in [0.29, 0.717) is 33.4 Å². The highest BCUT2D eigenvalue weighted by Gasteiger charge is 2.46. The predicted molar refractivity (Wildman–Crippen MR) is 150 cm³/mol. The van der Waals surface area contributed by atoms with Crippen molar-refractivity contribution in [2.75, 3.05) is 6.75 Å². The molecule has 2 N–H and O–H groups in total. The molecule has 11 heteroatoms. The number of fused-ring (bicyclic) bond motifs is 6. The third kappa shape index (κ3) is 4.17. The molecule has 1 fully saturated rings. The summed E-state index contributed by atoms with van der Waals surface area (Å²) in [7, 11) is 0. The smallest absolute Gasteiger partial charge is 0.343 e. The molecule has 4 aliphatic rings. The number of cyclic esters (lactones) is 1. The third-order valence-corrected chi connectivity index (χ3v) is 8.40. The minimum Gasteiger partial charge on any atom is -0.458 e. The highest BCUT2D eigenvalue weighted by Crippen LogP contribution is 2.43. The molecule has 2 atom stereocenters. The van der Waals surface area contributed by atoms with E-state index in [9.17, 15) is 19.5 Å². The standard InChI is InChI=1S/C31H33N3O8/c1-5-31(38)20-9-22-25-18(12-34(22)28(36)19(20)13-39-29(31)37)17(16-8-23-24(41-14-40-23)10-21(16)33-25)11-32-27(35)26(15-6-7-15)42-30(2,3)4/h8-10,15,26,38H,5-7,11-14H2,1-4H3,(H,32,35)/t26-,31+/m1/s1/i14D2. The average molecular weight is 578 g/mol. The number of nitrogens with zero attached hydrogens (tertiary/aromatic N) is 2. The summed E-state index contributed by atoms with van der Waals surface area (Å²) in [6, 6.07) is 4.82. The molecule has 11 nitrogen and oxygen atoms in total. The summed E-state index contributed by atoms with van der Waals surface area (Å²) >= 11 is 0. The van der Waals surface area contributed by atoms with Gasteiger partial charge in [0, 0.05) is 29.1 Å². The summed E-state index contributed by atoms with van der Waals surface area (Å²) in [5, 5.41) is 14.9. The molecule has 1 saturated carbocycles. The van der Waals surface area contributed by atoms with E-state index >= 15 is 0 Å². The average Bonchev–Trinajstić information content (AvgIpc) is 3.66. The van der Waals surface area contributed by atoms with Crippen molar-refractivity contribution in [2.24, 2.45) is 5.92 Å². The molecule has 3 aromatic rings. The van der Waals surface area contributed by atoms with Gasteiger partial charge in [-0.05, 0) is 63.6 Å². The van der Waals surface area contributed by atoms with Crippen LogP contribution in [0.1, 0.15) is 72.0 Å². The van der Waals surface area contributed by atoms with E-state index in [0.717, 1.165) is 12.8 Å². The topological polar surface area (TPSA) is 138 Å². The number of hydrogen-bond donors (Lipinski definition) is 2. The SMILES string of the molecule is [2H]C1([2H])Oc2cc3nc4c(c(CNC(=O)[C@H](OC(C)(C)C)C5CC5)c3cc2O1)Cn1c-4cc2c(c1=O)COC(=O)[C@]2(O)CC. The summed E-state index contributed by atoms with van der Waals surface area (Å²) in [4.78, 5) is 44.7. The first-order chi connectivity index (χ1) is 20.7. The number of aromatic nitrogens is 2. The molecule has 7 rings (SSSR count). The number of rotatable bonds is 6. The fourth-order valence-electron chi connectivity index (χ4n) is 6.06. The number of hydrogen-bond acceptors (Lipinski definition) is 9. The Labute approximate surface area is 244 Å². The van der Waals surface area contributed by atoms with Gasteiger partial charge >= 0.3 is 5.97 Å². The van der Waals surface area contributed by atoms with Crippen molar-refractivity contribution in [3.05, 3.63) is 50.8 Å². The number of carbonyl (C=O) groups excluding carboxylic acids is 2. The highest BCUT2D eigenvalue weighted by atomic mass is 16.7. The Morgan fingerprint density at radius 1 is 1.21 bits per heavy atom. The maximum Gasteiger partial charge on any atom is 0.343 e. The van der Waals surface area contributed by atoms with Gasteiger partial charge in [0.05, 0.1) is 34.6 Å². The van der Waals surface area contributed by atoms with Crippen LogP contribution in [-0.4, -0.2) is 45.0 Å². The second-order valence-electron chi connectivity index (χ2n) is 12.3. The predicted octanol–water partition coefficient (Wildman–Crippen LogP) is 3.02. The van der Waals surface area contributed by atoms with Crippen molar-refractivity contribution >= 4 is 22.8 Å². The van der Waals surface area contributed by atoms with E-state index < -0.39 is 35.6 Å². The van der Waals surface area contributed by atoms with Crippen LogP contribution in [0.2, 0.25) is 0 Å². The summed E-state index contributed by atoms with van der Waals surface area (Å²) < 4.78 is 39.4. The van der Waals surface area contributed by atoms with E-state index in [1.807, 2.05) is 20.8 Å². The van der Waals surface area contributed by atoms with E-state index in [2.05, 4.69) is 5.32 Å². The van der Waals surface area contributed by atoms with Crippen LogP contribution in [-0.2, 0) is 44.4 Å². The molecule has 3 aliphatic heterocycles. The number of ether oxygens (including phenoxy) is 4. The lowest BCUT2D eigenvalue weighted by atomic mass is 9.86. The van der Waals surface area contributed by atoms with Crippen molar-refractivity contribution in [1.82, 2.24) is 14.9 Å². The summed E-state index contributed by atoms with van der Waals surface area (Å²) in [6.07, 6.45) is 1.22.